The van der Waals surface area contributed by atoms with Crippen molar-refractivity contribution >= 4 is 11.6 Å². The molecule has 1 aliphatic carbocycles. The highest BCUT2D eigenvalue weighted by atomic mass is 16.7. The number of anilines is 1. The topological polar surface area (TPSA) is 69.7 Å². The fraction of sp³-hybridized carbons (Fsp3) is 0.333. The SMILES string of the molecule is O=C(COc1ccccn1)Nc1ccc2c(c1)OC1(CCCC1)O2. The number of nitrogens with zero attached hydrogens (tertiary/aromatic N) is 1. The Labute approximate surface area is 139 Å². The number of carbonyl (C=O) groups is 1. The lowest BCUT2D eigenvalue weighted by molar-refractivity contribution is -0.118. The molecule has 0 bridgehead atoms. The van der Waals surface area contributed by atoms with E-state index in [0.29, 0.717) is 17.3 Å². The molecule has 0 radical (unpaired) electrons. The average Bonchev–Trinajstić information content (AvgIpc) is 3.20. The molecule has 2 heterocycles. The molecule has 2 aliphatic rings. The van der Waals surface area contributed by atoms with Crippen molar-refractivity contribution in [3.05, 3.63) is 42.6 Å². The maximum atomic E-state index is 12.0. The van der Waals surface area contributed by atoms with Crippen LogP contribution in [0.3, 0.4) is 0 Å². The Morgan fingerprint density at radius 2 is 2.00 bits per heavy atom. The Balaban J connectivity index is 1.37. The number of amides is 1. The van der Waals surface area contributed by atoms with Gasteiger partial charge in [-0.1, -0.05) is 6.07 Å². The van der Waals surface area contributed by atoms with Gasteiger partial charge in [0.15, 0.2) is 18.1 Å². The van der Waals surface area contributed by atoms with Crippen molar-refractivity contribution in [3.63, 3.8) is 0 Å². The lowest BCUT2D eigenvalue weighted by Gasteiger charge is -2.21. The second-order valence-electron chi connectivity index (χ2n) is 5.99. The smallest absolute Gasteiger partial charge is 0.262 e. The van der Waals surface area contributed by atoms with Gasteiger partial charge in [0.1, 0.15) is 0 Å². The predicted molar refractivity (Wildman–Crippen MR) is 87.3 cm³/mol. The van der Waals surface area contributed by atoms with E-state index in [9.17, 15) is 4.79 Å². The number of rotatable bonds is 4. The van der Waals surface area contributed by atoms with Crippen LogP contribution in [-0.2, 0) is 4.79 Å². The maximum absolute atomic E-state index is 12.0. The summed E-state index contributed by atoms with van der Waals surface area (Å²) >= 11 is 0. The predicted octanol–water partition coefficient (Wildman–Crippen LogP) is 3.14. The Kier molecular flexibility index (Phi) is 3.72. The second kappa shape index (κ2) is 6.03. The first kappa shape index (κ1) is 14.8. The van der Waals surface area contributed by atoms with E-state index < -0.39 is 5.79 Å². The van der Waals surface area contributed by atoms with Gasteiger partial charge in [0.2, 0.25) is 5.88 Å². The van der Waals surface area contributed by atoms with Crippen LogP contribution in [0.1, 0.15) is 25.7 Å². The van der Waals surface area contributed by atoms with Gasteiger partial charge in [0.25, 0.3) is 11.7 Å². The van der Waals surface area contributed by atoms with Crippen LogP contribution in [0.2, 0.25) is 0 Å². The first-order chi connectivity index (χ1) is 11.7. The minimum atomic E-state index is -0.493. The minimum Gasteiger partial charge on any atom is -0.468 e. The van der Waals surface area contributed by atoms with Gasteiger partial charge in [-0.25, -0.2) is 4.98 Å². The maximum Gasteiger partial charge on any atom is 0.262 e. The quantitative estimate of drug-likeness (QED) is 0.935. The average molecular weight is 326 g/mol. The summed E-state index contributed by atoms with van der Waals surface area (Å²) in [5, 5.41) is 2.79. The van der Waals surface area contributed by atoms with Crippen molar-refractivity contribution in [2.75, 3.05) is 11.9 Å². The molecule has 1 aliphatic heterocycles. The monoisotopic (exact) mass is 326 g/mol. The van der Waals surface area contributed by atoms with Gasteiger partial charge in [0.05, 0.1) is 0 Å². The number of pyridine rings is 1. The summed E-state index contributed by atoms with van der Waals surface area (Å²) < 4.78 is 17.3. The number of hydrogen-bond acceptors (Lipinski definition) is 5. The summed E-state index contributed by atoms with van der Waals surface area (Å²) in [5.74, 6) is 1.09. The molecule has 124 valence electrons. The molecular weight excluding hydrogens is 308 g/mol. The summed E-state index contributed by atoms with van der Waals surface area (Å²) in [7, 11) is 0. The molecule has 1 aromatic carbocycles. The molecule has 1 spiro atoms. The highest BCUT2D eigenvalue weighted by Gasteiger charge is 2.44. The molecule has 0 saturated heterocycles. The fourth-order valence-corrected chi connectivity index (χ4v) is 3.06. The van der Waals surface area contributed by atoms with Crippen molar-refractivity contribution in [1.29, 1.82) is 0 Å². The van der Waals surface area contributed by atoms with E-state index in [1.807, 2.05) is 6.07 Å². The van der Waals surface area contributed by atoms with Gasteiger partial charge in [-0.05, 0) is 31.0 Å². The molecular formula is C18H18N2O4. The zero-order valence-electron chi connectivity index (χ0n) is 13.2. The molecule has 1 fully saturated rings. The Bertz CT molecular complexity index is 742. The van der Waals surface area contributed by atoms with Crippen LogP contribution in [0.25, 0.3) is 0 Å². The van der Waals surface area contributed by atoms with Crippen LogP contribution in [0.4, 0.5) is 5.69 Å². The van der Waals surface area contributed by atoms with Crippen molar-refractivity contribution < 1.29 is 19.0 Å². The Hall–Kier alpha value is -2.76. The van der Waals surface area contributed by atoms with Crippen molar-refractivity contribution in [1.82, 2.24) is 4.98 Å². The number of hydrogen-bond donors (Lipinski definition) is 1. The van der Waals surface area contributed by atoms with Gasteiger partial charge in [-0.2, -0.15) is 0 Å². The molecule has 0 atom stereocenters. The van der Waals surface area contributed by atoms with Crippen LogP contribution in [0, 0.1) is 0 Å². The van der Waals surface area contributed by atoms with E-state index in [2.05, 4.69) is 10.3 Å². The standard InChI is InChI=1S/C18H18N2O4/c21-16(12-22-17-5-1-4-10-19-17)20-13-6-7-14-15(11-13)24-18(23-14)8-2-3-9-18/h1,4-7,10-11H,2-3,8-9,12H2,(H,20,21). The number of ether oxygens (including phenoxy) is 3. The van der Waals surface area contributed by atoms with Crippen LogP contribution in [0.5, 0.6) is 17.4 Å². The number of fused-ring (bicyclic) bond motifs is 1. The van der Waals surface area contributed by atoms with Crippen LogP contribution in [-0.4, -0.2) is 23.3 Å². The van der Waals surface area contributed by atoms with Crippen LogP contribution >= 0.6 is 0 Å². The fourth-order valence-electron chi connectivity index (χ4n) is 3.06. The molecule has 24 heavy (non-hydrogen) atoms. The summed E-state index contributed by atoms with van der Waals surface area (Å²) in [5.41, 5.74) is 0.655. The third-order valence-corrected chi connectivity index (χ3v) is 4.17. The molecule has 6 nitrogen and oxygen atoms in total. The second-order valence-corrected chi connectivity index (χ2v) is 5.99. The summed E-state index contributed by atoms with van der Waals surface area (Å²) in [6.07, 6.45) is 5.65. The van der Waals surface area contributed by atoms with E-state index in [-0.39, 0.29) is 12.5 Å². The van der Waals surface area contributed by atoms with E-state index in [4.69, 9.17) is 14.2 Å². The molecule has 1 saturated carbocycles. The van der Waals surface area contributed by atoms with Gasteiger partial charge in [-0.3, -0.25) is 4.79 Å². The van der Waals surface area contributed by atoms with Gasteiger partial charge in [0, 0.05) is 36.9 Å². The lowest BCUT2D eigenvalue weighted by atomic mass is 10.2. The van der Waals surface area contributed by atoms with Gasteiger partial charge < -0.3 is 19.5 Å². The molecule has 6 heteroatoms. The van der Waals surface area contributed by atoms with E-state index in [0.717, 1.165) is 31.4 Å². The van der Waals surface area contributed by atoms with E-state index >= 15 is 0 Å². The zero-order chi connectivity index (χ0) is 16.4. The minimum absolute atomic E-state index is 0.102. The molecule has 1 amide bonds. The van der Waals surface area contributed by atoms with E-state index in [1.165, 1.54) is 0 Å². The molecule has 1 aromatic heterocycles. The summed E-state index contributed by atoms with van der Waals surface area (Å²) in [6.45, 7) is -0.102. The van der Waals surface area contributed by atoms with Crippen LogP contribution < -0.4 is 19.5 Å². The highest BCUT2D eigenvalue weighted by molar-refractivity contribution is 5.92. The molecule has 0 unspecified atom stereocenters. The highest BCUT2D eigenvalue weighted by Crippen LogP contribution is 2.47. The number of benzene rings is 1. The Morgan fingerprint density at radius 3 is 2.79 bits per heavy atom. The van der Waals surface area contributed by atoms with Crippen molar-refractivity contribution in [3.8, 4) is 17.4 Å². The third kappa shape index (κ3) is 2.99. The lowest BCUT2D eigenvalue weighted by Crippen LogP contribution is -2.34. The summed E-state index contributed by atoms with van der Waals surface area (Å²) in [6, 6.07) is 10.7. The van der Waals surface area contributed by atoms with Gasteiger partial charge >= 0.3 is 0 Å². The number of carbonyl (C=O) groups excluding carboxylic acids is 1. The molecule has 1 N–H and O–H groups in total. The first-order valence-electron chi connectivity index (χ1n) is 8.08. The number of nitrogens with one attached hydrogen (secondary N) is 1. The first-order valence-corrected chi connectivity index (χ1v) is 8.08. The van der Waals surface area contributed by atoms with Crippen molar-refractivity contribution in [2.24, 2.45) is 0 Å². The Morgan fingerprint density at radius 1 is 1.17 bits per heavy atom. The largest absolute Gasteiger partial charge is 0.468 e. The normalized spacial score (nSPS) is 17.0. The molecule has 2 aromatic rings. The number of aromatic nitrogens is 1. The summed E-state index contributed by atoms with van der Waals surface area (Å²) in [4.78, 5) is 16.0. The zero-order valence-corrected chi connectivity index (χ0v) is 13.2. The molecule has 4 rings (SSSR count). The third-order valence-electron chi connectivity index (χ3n) is 4.17. The van der Waals surface area contributed by atoms with Gasteiger partial charge in [-0.15, -0.1) is 0 Å². The van der Waals surface area contributed by atoms with Crippen molar-refractivity contribution in [2.45, 2.75) is 31.5 Å². The van der Waals surface area contributed by atoms with Crippen LogP contribution in [0.15, 0.2) is 42.6 Å². The van der Waals surface area contributed by atoms with E-state index in [1.54, 1.807) is 36.5 Å².